The molecule has 6 heteroatoms. The second-order valence-electron chi connectivity index (χ2n) is 6.67. The van der Waals surface area contributed by atoms with E-state index in [9.17, 15) is 4.79 Å². The molecule has 5 nitrogen and oxygen atoms in total. The van der Waals surface area contributed by atoms with Gasteiger partial charge in [-0.2, -0.15) is 11.8 Å². The molecule has 2 aliphatic rings. The summed E-state index contributed by atoms with van der Waals surface area (Å²) < 4.78 is 0. The van der Waals surface area contributed by atoms with Gasteiger partial charge in [0.15, 0.2) is 0 Å². The quantitative estimate of drug-likeness (QED) is 0.902. The second kappa shape index (κ2) is 8.10. The molecule has 0 saturated carbocycles. The molecule has 2 saturated heterocycles. The van der Waals surface area contributed by atoms with Crippen molar-refractivity contribution in [1.82, 2.24) is 15.2 Å². The first-order valence-electron chi connectivity index (χ1n) is 9.17. The fourth-order valence-electron chi connectivity index (χ4n) is 3.54. The highest BCUT2D eigenvalue weighted by atomic mass is 32.2. The van der Waals surface area contributed by atoms with Gasteiger partial charge in [0.25, 0.3) is 5.91 Å². The number of nitrogens with one attached hydrogen (secondary N) is 1. The van der Waals surface area contributed by atoms with Crippen LogP contribution in [-0.4, -0.2) is 60.0 Å². The maximum Gasteiger partial charge on any atom is 0.254 e. The van der Waals surface area contributed by atoms with E-state index in [-0.39, 0.29) is 11.9 Å². The number of aromatic nitrogens is 1. The lowest BCUT2D eigenvalue weighted by molar-refractivity contribution is 0.0772. The van der Waals surface area contributed by atoms with E-state index < -0.39 is 0 Å². The zero-order chi connectivity index (χ0) is 17.8. The van der Waals surface area contributed by atoms with Gasteiger partial charge in [0.1, 0.15) is 5.82 Å². The van der Waals surface area contributed by atoms with Crippen LogP contribution in [0.15, 0.2) is 48.7 Å². The number of anilines is 1. The van der Waals surface area contributed by atoms with Gasteiger partial charge in [-0.25, -0.2) is 4.98 Å². The molecule has 0 spiro atoms. The van der Waals surface area contributed by atoms with Crippen LogP contribution in [0.2, 0.25) is 0 Å². The van der Waals surface area contributed by atoms with Crippen molar-refractivity contribution < 1.29 is 4.79 Å². The fourth-order valence-corrected chi connectivity index (χ4v) is 4.44. The lowest BCUT2D eigenvalue weighted by Crippen LogP contribution is -2.46. The van der Waals surface area contributed by atoms with Gasteiger partial charge in [-0.1, -0.05) is 30.3 Å². The van der Waals surface area contributed by atoms with Crippen molar-refractivity contribution in [3.05, 3.63) is 59.8 Å². The molecule has 136 valence electrons. The predicted octanol–water partition coefficient (Wildman–Crippen LogP) is 2.42. The number of hydrogen-bond donors (Lipinski definition) is 1. The molecule has 0 aliphatic carbocycles. The van der Waals surface area contributed by atoms with Crippen molar-refractivity contribution in [3.63, 3.8) is 0 Å². The van der Waals surface area contributed by atoms with Crippen molar-refractivity contribution in [2.24, 2.45) is 0 Å². The third-order valence-electron chi connectivity index (χ3n) is 4.99. The summed E-state index contributed by atoms with van der Waals surface area (Å²) in [5.74, 6) is 3.08. The zero-order valence-electron chi connectivity index (χ0n) is 14.8. The molecular weight excluding hydrogens is 344 g/mol. The van der Waals surface area contributed by atoms with Crippen LogP contribution in [0.4, 0.5) is 5.82 Å². The van der Waals surface area contributed by atoms with Crippen molar-refractivity contribution in [2.75, 3.05) is 49.1 Å². The van der Waals surface area contributed by atoms with Gasteiger partial charge in [-0.15, -0.1) is 0 Å². The third-order valence-corrected chi connectivity index (χ3v) is 5.93. The van der Waals surface area contributed by atoms with Crippen LogP contribution in [-0.2, 0) is 0 Å². The van der Waals surface area contributed by atoms with E-state index in [0.717, 1.165) is 55.6 Å². The second-order valence-corrected chi connectivity index (χ2v) is 7.90. The zero-order valence-corrected chi connectivity index (χ0v) is 15.6. The highest BCUT2D eigenvalue weighted by Gasteiger charge is 2.23. The van der Waals surface area contributed by atoms with Crippen molar-refractivity contribution in [3.8, 4) is 0 Å². The molecule has 2 fully saturated rings. The van der Waals surface area contributed by atoms with E-state index in [4.69, 9.17) is 0 Å². The summed E-state index contributed by atoms with van der Waals surface area (Å²) in [5.41, 5.74) is 2.03. The maximum absolute atomic E-state index is 12.8. The molecular formula is C20H24N4OS. The summed E-state index contributed by atoms with van der Waals surface area (Å²) in [5, 5.41) is 3.58. The van der Waals surface area contributed by atoms with E-state index in [1.165, 1.54) is 5.56 Å². The van der Waals surface area contributed by atoms with E-state index in [1.807, 2.05) is 34.9 Å². The monoisotopic (exact) mass is 368 g/mol. The molecule has 4 rings (SSSR count). The van der Waals surface area contributed by atoms with Crippen LogP contribution in [0.3, 0.4) is 0 Å². The first-order chi connectivity index (χ1) is 12.8. The molecule has 1 unspecified atom stereocenters. The van der Waals surface area contributed by atoms with Gasteiger partial charge in [-0.05, 0) is 17.7 Å². The number of nitrogens with zero attached hydrogens (tertiary/aromatic N) is 3. The van der Waals surface area contributed by atoms with Crippen molar-refractivity contribution >= 4 is 23.5 Å². The first-order valence-corrected chi connectivity index (χ1v) is 10.3. The first kappa shape index (κ1) is 17.4. The van der Waals surface area contributed by atoms with Crippen molar-refractivity contribution in [1.29, 1.82) is 0 Å². The van der Waals surface area contributed by atoms with E-state index in [0.29, 0.717) is 0 Å². The van der Waals surface area contributed by atoms with Gasteiger partial charge in [0, 0.05) is 62.0 Å². The Kier molecular flexibility index (Phi) is 5.41. The standard InChI is InChI=1S/C20H24N4OS/c25-20(23-10-12-26-13-11-23)17-6-7-22-19(14-17)24-9-8-21-18(15-24)16-4-2-1-3-5-16/h1-7,14,18,21H,8-13,15H2. The molecule has 1 amide bonds. The summed E-state index contributed by atoms with van der Waals surface area (Å²) in [4.78, 5) is 21.6. The van der Waals surface area contributed by atoms with E-state index >= 15 is 0 Å². The number of carbonyl (C=O) groups is 1. The normalized spacial score (nSPS) is 20.8. The molecule has 1 N–H and O–H groups in total. The summed E-state index contributed by atoms with van der Waals surface area (Å²) >= 11 is 1.91. The smallest absolute Gasteiger partial charge is 0.254 e. The fraction of sp³-hybridized carbons (Fsp3) is 0.400. The highest BCUT2D eigenvalue weighted by Crippen LogP contribution is 2.22. The Balaban J connectivity index is 1.49. The Bertz CT molecular complexity index is 748. The Morgan fingerprint density at radius 2 is 1.92 bits per heavy atom. The lowest BCUT2D eigenvalue weighted by atomic mass is 10.0. The van der Waals surface area contributed by atoms with Crippen LogP contribution < -0.4 is 10.2 Å². The number of pyridine rings is 1. The number of thioether (sulfide) groups is 1. The van der Waals surface area contributed by atoms with Gasteiger partial charge in [0.2, 0.25) is 0 Å². The number of piperazine rings is 1. The lowest BCUT2D eigenvalue weighted by Gasteiger charge is -2.35. The molecule has 26 heavy (non-hydrogen) atoms. The summed E-state index contributed by atoms with van der Waals surface area (Å²) in [6.45, 7) is 4.34. The largest absolute Gasteiger partial charge is 0.353 e. The average molecular weight is 369 g/mol. The van der Waals surface area contributed by atoms with Gasteiger partial charge < -0.3 is 15.1 Å². The SMILES string of the molecule is O=C(c1ccnc(N2CCNC(c3ccccc3)C2)c1)N1CCSCC1. The molecule has 3 heterocycles. The number of hydrogen-bond acceptors (Lipinski definition) is 5. The van der Waals surface area contributed by atoms with Crippen molar-refractivity contribution in [2.45, 2.75) is 6.04 Å². The minimum atomic E-state index is 0.128. The Morgan fingerprint density at radius 3 is 2.73 bits per heavy atom. The molecule has 1 aromatic carbocycles. The highest BCUT2D eigenvalue weighted by molar-refractivity contribution is 7.99. The number of carbonyl (C=O) groups excluding carboxylic acids is 1. The molecule has 0 radical (unpaired) electrons. The molecule has 0 bridgehead atoms. The van der Waals surface area contributed by atoms with Gasteiger partial charge in [0.05, 0.1) is 0 Å². The number of benzene rings is 1. The summed E-state index contributed by atoms with van der Waals surface area (Å²) in [7, 11) is 0. The van der Waals surface area contributed by atoms with Gasteiger partial charge in [-0.3, -0.25) is 4.79 Å². The molecule has 1 atom stereocenters. The third kappa shape index (κ3) is 3.86. The Hall–Kier alpha value is -2.05. The Morgan fingerprint density at radius 1 is 1.12 bits per heavy atom. The van der Waals surface area contributed by atoms with Crippen LogP contribution in [0.5, 0.6) is 0 Å². The average Bonchev–Trinajstić information content (AvgIpc) is 2.75. The number of amides is 1. The van der Waals surface area contributed by atoms with Gasteiger partial charge >= 0.3 is 0 Å². The summed E-state index contributed by atoms with van der Waals surface area (Å²) in [6.07, 6.45) is 1.76. The Labute approximate surface area is 158 Å². The maximum atomic E-state index is 12.8. The van der Waals surface area contributed by atoms with Crippen LogP contribution in [0.1, 0.15) is 22.0 Å². The van der Waals surface area contributed by atoms with E-state index in [1.54, 1.807) is 6.20 Å². The van der Waals surface area contributed by atoms with Crippen LogP contribution in [0.25, 0.3) is 0 Å². The molecule has 2 aliphatic heterocycles. The minimum absolute atomic E-state index is 0.128. The van der Waals surface area contributed by atoms with Crippen LogP contribution >= 0.6 is 11.8 Å². The number of rotatable bonds is 3. The molecule has 1 aromatic heterocycles. The predicted molar refractivity (Wildman–Crippen MR) is 107 cm³/mol. The van der Waals surface area contributed by atoms with E-state index in [2.05, 4.69) is 39.5 Å². The summed E-state index contributed by atoms with van der Waals surface area (Å²) in [6, 6.07) is 14.6. The molecule has 2 aromatic rings. The topological polar surface area (TPSA) is 48.5 Å². The minimum Gasteiger partial charge on any atom is -0.353 e. The van der Waals surface area contributed by atoms with Crippen LogP contribution in [0, 0.1) is 0 Å².